The zero-order chi connectivity index (χ0) is 13.9. The summed E-state index contributed by atoms with van der Waals surface area (Å²) in [6.07, 6.45) is 1.95. The lowest BCUT2D eigenvalue weighted by Crippen LogP contribution is -2.12. The Morgan fingerprint density at radius 2 is 1.89 bits per heavy atom. The van der Waals surface area contributed by atoms with Crippen LogP contribution < -0.4 is 10.5 Å². The van der Waals surface area contributed by atoms with Crippen LogP contribution in [0.3, 0.4) is 0 Å². The third-order valence-corrected chi connectivity index (χ3v) is 4.44. The van der Waals surface area contributed by atoms with Crippen molar-refractivity contribution in [2.45, 2.75) is 16.5 Å². The van der Waals surface area contributed by atoms with E-state index in [2.05, 4.69) is 4.72 Å². The Morgan fingerprint density at radius 1 is 1.21 bits per heavy atom. The molecule has 19 heavy (non-hydrogen) atoms. The monoisotopic (exact) mass is 298 g/mol. The van der Waals surface area contributed by atoms with Gasteiger partial charge in [0.05, 0.1) is 6.54 Å². The van der Waals surface area contributed by atoms with Crippen molar-refractivity contribution in [2.75, 3.05) is 11.0 Å². The molecule has 0 aliphatic heterocycles. The Morgan fingerprint density at radius 3 is 2.42 bits per heavy atom. The molecule has 3 N–H and O–H groups in total. The molecule has 102 valence electrons. The molecule has 5 nitrogen and oxygen atoms in total. The average Bonchev–Trinajstić information content (AvgIpc) is 2.89. The van der Waals surface area contributed by atoms with Crippen LogP contribution in [0.25, 0.3) is 0 Å². The molecule has 0 saturated heterocycles. The predicted octanol–water partition coefficient (Wildman–Crippen LogP) is 2.26. The Bertz CT molecular complexity index is 648. The molecule has 0 aliphatic carbocycles. The third kappa shape index (κ3) is 3.31. The van der Waals surface area contributed by atoms with E-state index in [-0.39, 0.29) is 11.6 Å². The lowest BCUT2D eigenvalue weighted by Gasteiger charge is -2.06. The van der Waals surface area contributed by atoms with Crippen LogP contribution in [0, 0.1) is 0 Å². The number of hydrogen-bond acceptors (Lipinski definition) is 5. The van der Waals surface area contributed by atoms with E-state index >= 15 is 0 Å². The van der Waals surface area contributed by atoms with Crippen LogP contribution in [0.2, 0.25) is 0 Å². The van der Waals surface area contributed by atoms with Crippen molar-refractivity contribution in [1.29, 1.82) is 0 Å². The molecular weight excluding hydrogens is 284 g/mol. The summed E-state index contributed by atoms with van der Waals surface area (Å²) in [5, 5.41) is -0.137. The van der Waals surface area contributed by atoms with Crippen LogP contribution in [-0.4, -0.2) is 14.7 Å². The second-order valence-electron chi connectivity index (χ2n) is 3.76. The van der Waals surface area contributed by atoms with Gasteiger partial charge in [0, 0.05) is 10.6 Å². The van der Waals surface area contributed by atoms with Gasteiger partial charge in [-0.3, -0.25) is 4.72 Å². The molecule has 0 amide bonds. The molecule has 0 fully saturated rings. The summed E-state index contributed by atoms with van der Waals surface area (Å²) in [5.74, 6) is 0.429. The quantitative estimate of drug-likeness (QED) is 0.827. The van der Waals surface area contributed by atoms with E-state index in [1.54, 1.807) is 30.0 Å². The molecule has 0 aliphatic rings. The number of thioether (sulfide) groups is 1. The van der Waals surface area contributed by atoms with E-state index in [0.29, 0.717) is 11.4 Å². The van der Waals surface area contributed by atoms with Crippen molar-refractivity contribution in [1.82, 2.24) is 0 Å². The van der Waals surface area contributed by atoms with Crippen LogP contribution in [-0.2, 0) is 16.6 Å². The Balaban J connectivity index is 2.20. The SMILES string of the molecule is CSc1ccc(NS(=O)(=O)c2ccc(CN)o2)cc1. The first-order chi connectivity index (χ1) is 9.05. The van der Waals surface area contributed by atoms with Crippen LogP contribution in [0.5, 0.6) is 0 Å². The van der Waals surface area contributed by atoms with Gasteiger partial charge >= 0.3 is 0 Å². The topological polar surface area (TPSA) is 85.3 Å². The highest BCUT2D eigenvalue weighted by atomic mass is 32.2. The van der Waals surface area contributed by atoms with E-state index in [1.807, 2.05) is 18.4 Å². The van der Waals surface area contributed by atoms with E-state index in [0.717, 1.165) is 4.90 Å². The molecule has 1 aromatic carbocycles. The zero-order valence-corrected chi connectivity index (χ0v) is 11.9. The van der Waals surface area contributed by atoms with Crippen LogP contribution in [0.15, 0.2) is 50.8 Å². The third-order valence-electron chi connectivity index (χ3n) is 2.45. The molecule has 0 atom stereocenters. The van der Waals surface area contributed by atoms with Crippen molar-refractivity contribution in [3.63, 3.8) is 0 Å². The smallest absolute Gasteiger partial charge is 0.295 e. The fourth-order valence-electron chi connectivity index (χ4n) is 1.48. The van der Waals surface area contributed by atoms with Gasteiger partial charge in [-0.25, -0.2) is 0 Å². The predicted molar refractivity (Wildman–Crippen MR) is 75.6 cm³/mol. The molecule has 2 aromatic rings. The second kappa shape index (κ2) is 5.68. The summed E-state index contributed by atoms with van der Waals surface area (Å²) in [6, 6.07) is 10.0. The highest BCUT2D eigenvalue weighted by molar-refractivity contribution is 7.98. The van der Waals surface area contributed by atoms with E-state index in [4.69, 9.17) is 10.2 Å². The highest BCUT2D eigenvalue weighted by Crippen LogP contribution is 2.21. The van der Waals surface area contributed by atoms with Crippen molar-refractivity contribution >= 4 is 27.5 Å². The van der Waals surface area contributed by atoms with Crippen molar-refractivity contribution in [3.05, 3.63) is 42.2 Å². The molecule has 0 radical (unpaired) electrons. The molecule has 0 spiro atoms. The Kier molecular flexibility index (Phi) is 4.18. The Labute approximate surface area is 116 Å². The minimum Gasteiger partial charge on any atom is -0.446 e. The minimum atomic E-state index is -3.70. The van der Waals surface area contributed by atoms with Crippen molar-refractivity contribution < 1.29 is 12.8 Å². The van der Waals surface area contributed by atoms with Gasteiger partial charge in [0.2, 0.25) is 5.09 Å². The van der Waals surface area contributed by atoms with E-state index in [1.165, 1.54) is 6.07 Å². The normalized spacial score (nSPS) is 11.5. The number of sulfonamides is 1. The molecular formula is C12H14N2O3S2. The maximum atomic E-state index is 12.0. The van der Waals surface area contributed by atoms with Gasteiger partial charge in [0.25, 0.3) is 10.0 Å². The van der Waals surface area contributed by atoms with Gasteiger partial charge in [0.1, 0.15) is 5.76 Å². The number of furan rings is 1. The lowest BCUT2D eigenvalue weighted by molar-refractivity contribution is 0.417. The summed E-state index contributed by atoms with van der Waals surface area (Å²) in [4.78, 5) is 1.06. The molecule has 1 heterocycles. The van der Waals surface area contributed by atoms with Crippen LogP contribution in [0.4, 0.5) is 5.69 Å². The minimum absolute atomic E-state index is 0.137. The number of rotatable bonds is 5. The van der Waals surface area contributed by atoms with Gasteiger partial charge in [0.15, 0.2) is 0 Å². The molecule has 2 rings (SSSR count). The van der Waals surface area contributed by atoms with Gasteiger partial charge < -0.3 is 10.2 Å². The largest absolute Gasteiger partial charge is 0.446 e. The summed E-state index contributed by atoms with van der Waals surface area (Å²) < 4.78 is 31.7. The number of nitrogens with two attached hydrogens (primary N) is 1. The first kappa shape index (κ1) is 14.0. The van der Waals surface area contributed by atoms with Crippen molar-refractivity contribution in [3.8, 4) is 0 Å². The maximum Gasteiger partial charge on any atom is 0.295 e. The highest BCUT2D eigenvalue weighted by Gasteiger charge is 2.18. The van der Waals surface area contributed by atoms with Crippen LogP contribution >= 0.6 is 11.8 Å². The zero-order valence-electron chi connectivity index (χ0n) is 10.3. The molecule has 0 saturated carbocycles. The standard InChI is InChI=1S/C12H14N2O3S2/c1-18-11-5-2-9(3-6-11)14-19(15,16)12-7-4-10(8-13)17-12/h2-7,14H,8,13H2,1H3. The first-order valence-corrected chi connectivity index (χ1v) is 8.21. The Hall–Kier alpha value is -1.44. The lowest BCUT2D eigenvalue weighted by atomic mass is 10.3. The first-order valence-electron chi connectivity index (χ1n) is 5.51. The molecule has 1 aromatic heterocycles. The van der Waals surface area contributed by atoms with Gasteiger partial charge in [-0.15, -0.1) is 11.8 Å². The summed E-state index contributed by atoms with van der Waals surface area (Å²) in [5.41, 5.74) is 5.87. The summed E-state index contributed by atoms with van der Waals surface area (Å²) in [7, 11) is -3.70. The summed E-state index contributed by atoms with van der Waals surface area (Å²) in [6.45, 7) is 0.165. The fourth-order valence-corrected chi connectivity index (χ4v) is 2.90. The second-order valence-corrected chi connectivity index (χ2v) is 6.25. The fraction of sp³-hybridized carbons (Fsp3) is 0.167. The maximum absolute atomic E-state index is 12.0. The molecule has 0 unspecified atom stereocenters. The van der Waals surface area contributed by atoms with Gasteiger partial charge in [-0.05, 0) is 42.7 Å². The van der Waals surface area contributed by atoms with Gasteiger partial charge in [-0.2, -0.15) is 8.42 Å². The number of hydrogen-bond donors (Lipinski definition) is 2. The molecule has 7 heteroatoms. The van der Waals surface area contributed by atoms with E-state index in [9.17, 15) is 8.42 Å². The van der Waals surface area contributed by atoms with E-state index < -0.39 is 10.0 Å². The van der Waals surface area contributed by atoms with Crippen molar-refractivity contribution in [2.24, 2.45) is 5.73 Å². The number of anilines is 1. The van der Waals surface area contributed by atoms with Crippen LogP contribution in [0.1, 0.15) is 5.76 Å². The van der Waals surface area contributed by atoms with Gasteiger partial charge in [-0.1, -0.05) is 0 Å². The average molecular weight is 298 g/mol. The number of nitrogens with one attached hydrogen (secondary N) is 1. The number of benzene rings is 1. The molecule has 0 bridgehead atoms. The summed E-state index contributed by atoms with van der Waals surface area (Å²) >= 11 is 1.59.